The number of hydrogen-bond donors (Lipinski definition) is 4. The van der Waals surface area contributed by atoms with Gasteiger partial charge in [-0.1, -0.05) is 45.0 Å². The van der Waals surface area contributed by atoms with Crippen LogP contribution in [0.4, 0.5) is 6.01 Å². The molecule has 0 radical (unpaired) electrons. The minimum Gasteiger partial charge on any atom is -0.490 e. The number of pyridine rings is 1. The highest BCUT2D eigenvalue weighted by molar-refractivity contribution is 8.08. The van der Waals surface area contributed by atoms with Gasteiger partial charge >= 0.3 is 0 Å². The largest absolute Gasteiger partial charge is 0.490 e. The molecule has 0 bridgehead atoms. The van der Waals surface area contributed by atoms with E-state index >= 15 is 0 Å². The topological polar surface area (TPSA) is 226 Å². The molecule has 5 aromatic rings. The standard InChI is InChI=1S/C51H65N9O11S/c1-34-46(72-33-55-34)36-7-5-35(6-8-36)27-54-48(63)42-25-38(61)29-60(42)49(64)47(51(2,3)4)57-45(62)32-68-22-21-66-18-17-65-19-20-67-23-24-69-40-10-9-37(53-28-40)31-70-39-11-12-43-41(26-39)56-50(71-43)59-16-15-58-14-13-52-44(58)30-59/h5-14,26,28,38,42,47,55,61H,15-25,27,29-33H2,1-4H3,(H,54,63)(H,57,62)/t38-,42+,47-/m1/s1. The number of hydrogen-bond acceptors (Lipinski definition) is 17. The van der Waals surface area contributed by atoms with Crippen molar-refractivity contribution in [3.63, 3.8) is 0 Å². The molecule has 1 saturated heterocycles. The Labute approximate surface area is 423 Å². The number of nitrogens with zero attached hydrogens (tertiary/aromatic N) is 6. The third-order valence-corrected chi connectivity index (χ3v) is 13.4. The molecule has 3 aliphatic rings. The van der Waals surface area contributed by atoms with Crippen molar-refractivity contribution in [1.29, 1.82) is 0 Å². The zero-order chi connectivity index (χ0) is 50.5. The predicted octanol–water partition coefficient (Wildman–Crippen LogP) is 4.26. The number of likely N-dealkylation sites (tertiary alicyclic amines) is 1. The summed E-state index contributed by atoms with van der Waals surface area (Å²) in [5.74, 6) is 1.84. The summed E-state index contributed by atoms with van der Waals surface area (Å²) in [7, 11) is 0. The lowest BCUT2D eigenvalue weighted by molar-refractivity contribution is -0.144. The van der Waals surface area contributed by atoms with Crippen molar-refractivity contribution in [2.75, 3.05) is 83.3 Å². The lowest BCUT2D eigenvalue weighted by Crippen LogP contribution is -2.58. The number of oxazole rings is 1. The van der Waals surface area contributed by atoms with Crippen molar-refractivity contribution in [2.24, 2.45) is 5.41 Å². The van der Waals surface area contributed by atoms with Crippen molar-refractivity contribution in [1.82, 2.24) is 40.4 Å². The summed E-state index contributed by atoms with van der Waals surface area (Å²) < 4.78 is 42.2. The van der Waals surface area contributed by atoms with E-state index in [-0.39, 0.29) is 51.8 Å². The normalized spacial score (nSPS) is 17.2. The second kappa shape index (κ2) is 24.9. The van der Waals surface area contributed by atoms with E-state index in [4.69, 9.17) is 37.8 Å². The fourth-order valence-electron chi connectivity index (χ4n) is 8.35. The van der Waals surface area contributed by atoms with Gasteiger partial charge in [0.15, 0.2) is 5.58 Å². The zero-order valence-electron chi connectivity index (χ0n) is 41.3. The SMILES string of the molecule is CC1=C(c2ccc(CNC(=O)[C@@H]3C[C@@H](O)CN3C(=O)[C@@H](NC(=O)COCCOCCOCCOCCOc3ccc(COc4ccc5oc(N6CCn7ccnc7C6)nc5c4)nc3)C(C)(C)C)cc2)SCN1. The summed E-state index contributed by atoms with van der Waals surface area (Å²) in [6.07, 6.45) is 4.69. The van der Waals surface area contributed by atoms with Gasteiger partial charge in [0.1, 0.15) is 54.7 Å². The first kappa shape index (κ1) is 52.1. The van der Waals surface area contributed by atoms with Gasteiger partial charge in [0.2, 0.25) is 17.7 Å². The van der Waals surface area contributed by atoms with Crippen LogP contribution in [0.15, 0.2) is 83.3 Å². The molecule has 1 fully saturated rings. The van der Waals surface area contributed by atoms with Gasteiger partial charge in [0, 0.05) is 61.7 Å². The average Bonchev–Trinajstić information content (AvgIpc) is 4.21. The van der Waals surface area contributed by atoms with E-state index in [2.05, 4.69) is 42.3 Å². The summed E-state index contributed by atoms with van der Waals surface area (Å²) in [5.41, 5.74) is 4.63. The Morgan fingerprint density at radius 3 is 2.35 bits per heavy atom. The number of anilines is 1. The number of benzene rings is 2. The average molecular weight is 1010 g/mol. The number of rotatable bonds is 25. The molecule has 0 aliphatic carbocycles. The van der Waals surface area contributed by atoms with Crippen LogP contribution >= 0.6 is 11.8 Å². The second-order valence-electron chi connectivity index (χ2n) is 18.7. The van der Waals surface area contributed by atoms with Gasteiger partial charge in [-0.3, -0.25) is 19.4 Å². The third kappa shape index (κ3) is 14.3. The Morgan fingerprint density at radius 1 is 0.903 bits per heavy atom. The first-order valence-electron chi connectivity index (χ1n) is 24.3. The first-order chi connectivity index (χ1) is 34.9. The maximum absolute atomic E-state index is 13.9. The second-order valence-corrected chi connectivity index (χ2v) is 19.7. The molecule has 8 rings (SSSR count). The molecule has 0 unspecified atom stereocenters. The highest BCUT2D eigenvalue weighted by Crippen LogP contribution is 2.34. The molecule has 2 aromatic carbocycles. The van der Waals surface area contributed by atoms with Crippen LogP contribution in [-0.2, 0) is 59.6 Å². The van der Waals surface area contributed by atoms with E-state index in [1.807, 2.05) is 87.8 Å². The molecule has 6 heterocycles. The van der Waals surface area contributed by atoms with Crippen LogP contribution in [0.5, 0.6) is 11.5 Å². The Bertz CT molecular complexity index is 2620. The first-order valence-corrected chi connectivity index (χ1v) is 25.3. The van der Waals surface area contributed by atoms with Crippen molar-refractivity contribution in [2.45, 2.75) is 78.5 Å². The summed E-state index contributed by atoms with van der Waals surface area (Å²) >= 11 is 1.75. The number of nitrogens with one attached hydrogen (secondary N) is 3. The Hall–Kier alpha value is -6.23. The van der Waals surface area contributed by atoms with E-state index < -0.39 is 35.4 Å². The summed E-state index contributed by atoms with van der Waals surface area (Å²) in [4.78, 5) is 58.5. The number of β-amino-alcohol motifs (C(OH)–C–C–N with tert-alkyl or cyclic N) is 1. The maximum Gasteiger partial charge on any atom is 0.298 e. The monoisotopic (exact) mass is 1010 g/mol. The van der Waals surface area contributed by atoms with Crippen LogP contribution in [-0.4, -0.2) is 144 Å². The number of amides is 3. The predicted molar refractivity (Wildman–Crippen MR) is 269 cm³/mol. The van der Waals surface area contributed by atoms with Crippen LogP contribution in [0.1, 0.15) is 56.8 Å². The molecule has 0 saturated carbocycles. The molecule has 3 amide bonds. The molecule has 386 valence electrons. The third-order valence-electron chi connectivity index (χ3n) is 12.3. The number of fused-ring (bicyclic) bond motifs is 2. The van der Waals surface area contributed by atoms with E-state index in [1.54, 1.807) is 18.0 Å². The molecular formula is C51H65N9O11S. The number of imidazole rings is 1. The Balaban J connectivity index is 0.637. The number of carbonyl (C=O) groups excluding carboxylic acids is 3. The van der Waals surface area contributed by atoms with Gasteiger partial charge in [-0.05, 0) is 47.7 Å². The van der Waals surface area contributed by atoms with Gasteiger partial charge in [-0.25, -0.2) is 4.98 Å². The number of aromatic nitrogens is 4. The number of carbonyl (C=O) groups is 3. The van der Waals surface area contributed by atoms with Crippen LogP contribution in [0.25, 0.3) is 16.0 Å². The molecular weight excluding hydrogens is 947 g/mol. The van der Waals surface area contributed by atoms with Crippen LogP contribution in [0.2, 0.25) is 0 Å². The van der Waals surface area contributed by atoms with Crippen molar-refractivity contribution in [3.8, 4) is 11.5 Å². The van der Waals surface area contributed by atoms with Gasteiger partial charge in [-0.15, -0.1) is 11.8 Å². The van der Waals surface area contributed by atoms with E-state index in [0.717, 1.165) is 52.8 Å². The molecule has 3 aromatic heterocycles. The fraction of sp³-hybridized carbons (Fsp3) is 0.490. The number of aliphatic hydroxyl groups is 1. The Morgan fingerprint density at radius 2 is 1.64 bits per heavy atom. The number of ether oxygens (including phenoxy) is 6. The van der Waals surface area contributed by atoms with E-state index in [0.29, 0.717) is 69.3 Å². The van der Waals surface area contributed by atoms with Crippen LogP contribution in [0, 0.1) is 5.41 Å². The molecule has 0 spiro atoms. The highest BCUT2D eigenvalue weighted by atomic mass is 32.2. The van der Waals surface area contributed by atoms with Gasteiger partial charge in [0.05, 0.1) is 76.7 Å². The highest BCUT2D eigenvalue weighted by Gasteiger charge is 2.44. The molecule has 21 heteroatoms. The molecule has 3 atom stereocenters. The van der Waals surface area contributed by atoms with Crippen LogP contribution < -0.4 is 30.3 Å². The summed E-state index contributed by atoms with van der Waals surface area (Å²) in [5, 5.41) is 19.6. The summed E-state index contributed by atoms with van der Waals surface area (Å²) in [6.45, 7) is 12.6. The minimum absolute atomic E-state index is 0.0112. The van der Waals surface area contributed by atoms with Crippen molar-refractivity contribution < 1.29 is 52.3 Å². The summed E-state index contributed by atoms with van der Waals surface area (Å²) in [6, 6.07) is 16.0. The lowest BCUT2D eigenvalue weighted by Gasteiger charge is -2.35. The van der Waals surface area contributed by atoms with Gasteiger partial charge in [0.25, 0.3) is 6.01 Å². The van der Waals surface area contributed by atoms with Gasteiger partial charge in [-0.2, -0.15) is 4.98 Å². The van der Waals surface area contributed by atoms with Crippen LogP contribution in [0.3, 0.4) is 0 Å². The number of allylic oxidation sites excluding steroid dienone is 1. The van der Waals surface area contributed by atoms with E-state index in [1.165, 1.54) is 9.81 Å². The van der Waals surface area contributed by atoms with Crippen molar-refractivity contribution >= 4 is 51.5 Å². The maximum atomic E-state index is 13.9. The molecule has 4 N–H and O–H groups in total. The Kier molecular flexibility index (Phi) is 18.0. The zero-order valence-corrected chi connectivity index (χ0v) is 42.1. The lowest BCUT2D eigenvalue weighted by atomic mass is 9.85. The fourth-order valence-corrected chi connectivity index (χ4v) is 9.37. The molecule has 3 aliphatic heterocycles. The van der Waals surface area contributed by atoms with Crippen molar-refractivity contribution in [3.05, 3.63) is 102 Å². The quantitative estimate of drug-likeness (QED) is 0.0600. The number of thioether (sulfide) groups is 1. The minimum atomic E-state index is -0.960. The smallest absolute Gasteiger partial charge is 0.298 e. The molecule has 72 heavy (non-hydrogen) atoms. The molecule has 20 nitrogen and oxygen atoms in total. The van der Waals surface area contributed by atoms with Gasteiger partial charge < -0.3 is 68.3 Å². The number of aliphatic hydroxyl groups excluding tert-OH is 1. The van der Waals surface area contributed by atoms with E-state index in [9.17, 15) is 19.5 Å².